The van der Waals surface area contributed by atoms with Crippen LogP contribution in [0.15, 0.2) is 164 Å². The maximum Gasteiger partial charge on any atom is 0.0718 e. The molecular weight excluding hydrogens is 605 g/mol. The fourth-order valence-corrected chi connectivity index (χ4v) is 7.85. The average Bonchev–Trinajstić information content (AvgIpc) is 3.19. The molecule has 0 bridgehead atoms. The molecule has 1 aliphatic carbocycles. The molecule has 0 spiro atoms. The second-order valence-corrected chi connectivity index (χ2v) is 13.3. The summed E-state index contributed by atoms with van der Waals surface area (Å²) < 4.78 is 0. The first-order valence-corrected chi connectivity index (χ1v) is 17.4. The minimum absolute atomic E-state index is 0.945. The van der Waals surface area contributed by atoms with Crippen molar-refractivity contribution in [3.05, 3.63) is 175 Å². The number of pyridine rings is 2. The molecule has 7 aromatic carbocycles. The van der Waals surface area contributed by atoms with Crippen LogP contribution in [0, 0.1) is 0 Å². The molecule has 10 rings (SSSR count). The van der Waals surface area contributed by atoms with Gasteiger partial charge < -0.3 is 0 Å². The molecule has 0 aliphatic heterocycles. The second-order valence-electron chi connectivity index (χ2n) is 13.3. The molecule has 0 atom stereocenters. The Morgan fingerprint density at radius 3 is 1.66 bits per heavy atom. The maximum atomic E-state index is 4.96. The van der Waals surface area contributed by atoms with E-state index in [0.717, 1.165) is 40.9 Å². The first-order valence-electron chi connectivity index (χ1n) is 17.4. The molecule has 0 saturated carbocycles. The first kappa shape index (κ1) is 28.6. The van der Waals surface area contributed by atoms with E-state index < -0.39 is 0 Å². The van der Waals surface area contributed by atoms with E-state index in [9.17, 15) is 0 Å². The predicted molar refractivity (Wildman–Crippen MR) is 211 cm³/mol. The average molecular weight is 637 g/mol. The Hall–Kier alpha value is -6.38. The quantitative estimate of drug-likeness (QED) is 0.180. The largest absolute Gasteiger partial charge is 0.256 e. The highest BCUT2D eigenvalue weighted by Gasteiger charge is 2.18. The van der Waals surface area contributed by atoms with Gasteiger partial charge in [0.15, 0.2) is 0 Å². The van der Waals surface area contributed by atoms with Gasteiger partial charge in [0.2, 0.25) is 0 Å². The number of hydrogen-bond acceptors (Lipinski definition) is 2. The summed E-state index contributed by atoms with van der Waals surface area (Å²) in [4.78, 5) is 9.67. The highest BCUT2D eigenvalue weighted by atomic mass is 14.7. The third kappa shape index (κ3) is 4.80. The summed E-state index contributed by atoms with van der Waals surface area (Å²) in [6, 6.07) is 53.4. The van der Waals surface area contributed by atoms with Gasteiger partial charge in [0, 0.05) is 23.5 Å². The van der Waals surface area contributed by atoms with Crippen molar-refractivity contribution in [2.24, 2.45) is 0 Å². The van der Waals surface area contributed by atoms with E-state index in [-0.39, 0.29) is 0 Å². The lowest BCUT2D eigenvalue weighted by Gasteiger charge is -2.19. The fraction of sp³-hybridized carbons (Fsp3) is 0.0417. The van der Waals surface area contributed by atoms with Crippen LogP contribution in [0.2, 0.25) is 0 Å². The van der Waals surface area contributed by atoms with Crippen molar-refractivity contribution in [2.75, 3.05) is 0 Å². The summed E-state index contributed by atoms with van der Waals surface area (Å²) in [5, 5.41) is 9.96. The lowest BCUT2D eigenvalue weighted by molar-refractivity contribution is 0.964. The molecule has 9 aromatic rings. The molecule has 1 aliphatic rings. The van der Waals surface area contributed by atoms with Gasteiger partial charge in [0.25, 0.3) is 0 Å². The third-order valence-electron chi connectivity index (χ3n) is 10.4. The van der Waals surface area contributed by atoms with Crippen LogP contribution < -0.4 is 0 Å². The molecule has 50 heavy (non-hydrogen) atoms. The van der Waals surface area contributed by atoms with Crippen LogP contribution in [0.25, 0.3) is 93.8 Å². The number of benzene rings is 7. The zero-order chi connectivity index (χ0) is 33.0. The van der Waals surface area contributed by atoms with Crippen LogP contribution in [0.1, 0.15) is 17.7 Å². The van der Waals surface area contributed by atoms with Gasteiger partial charge in [-0.05, 0) is 126 Å². The molecule has 0 radical (unpaired) electrons. The van der Waals surface area contributed by atoms with Gasteiger partial charge >= 0.3 is 0 Å². The summed E-state index contributed by atoms with van der Waals surface area (Å²) in [5.41, 5.74) is 11.6. The third-order valence-corrected chi connectivity index (χ3v) is 10.4. The van der Waals surface area contributed by atoms with Crippen LogP contribution in [0.5, 0.6) is 0 Å². The first-order chi connectivity index (χ1) is 24.8. The van der Waals surface area contributed by atoms with Crippen molar-refractivity contribution in [1.82, 2.24) is 9.97 Å². The number of rotatable bonds is 4. The van der Waals surface area contributed by atoms with Gasteiger partial charge in [-0.15, -0.1) is 0 Å². The van der Waals surface area contributed by atoms with Gasteiger partial charge in [0.1, 0.15) is 0 Å². The molecule has 0 unspecified atom stereocenters. The predicted octanol–water partition coefficient (Wildman–Crippen LogP) is 12.7. The summed E-state index contributed by atoms with van der Waals surface area (Å²) in [6.45, 7) is 0. The standard InChI is InChI=1S/C48H32N2/c1-3-11-33-25-37(19-17-31(33)9-1)47-41-14-6-7-15-42(41)48(38-20-18-32-10-2-4-12-34(32)26-38)44-28-35(21-23-43(44)47)39-22-24-46(49-29-39)40-27-36-13-5-8-16-45(36)50-30-40/h1-4,6-12,14-30H,5,13H2. The van der Waals surface area contributed by atoms with Crippen LogP contribution >= 0.6 is 0 Å². The number of aromatic nitrogens is 2. The Kier molecular flexibility index (Phi) is 6.67. The Morgan fingerprint density at radius 1 is 0.400 bits per heavy atom. The number of fused-ring (bicyclic) bond motifs is 5. The molecule has 0 N–H and O–H groups in total. The van der Waals surface area contributed by atoms with E-state index in [1.54, 1.807) is 0 Å². The molecule has 2 aromatic heterocycles. The van der Waals surface area contributed by atoms with Gasteiger partial charge in [0.05, 0.1) is 11.4 Å². The van der Waals surface area contributed by atoms with Crippen molar-refractivity contribution in [1.29, 1.82) is 0 Å². The minimum Gasteiger partial charge on any atom is -0.256 e. The molecule has 0 saturated heterocycles. The van der Waals surface area contributed by atoms with Crippen LogP contribution in [0.3, 0.4) is 0 Å². The number of hydrogen-bond donors (Lipinski definition) is 0. The summed E-state index contributed by atoms with van der Waals surface area (Å²) in [6.07, 6.45) is 10.4. The van der Waals surface area contributed by atoms with Gasteiger partial charge in [-0.25, -0.2) is 0 Å². The molecule has 0 amide bonds. The zero-order valence-corrected chi connectivity index (χ0v) is 27.5. The van der Waals surface area contributed by atoms with Crippen molar-refractivity contribution >= 4 is 49.2 Å². The molecule has 234 valence electrons. The molecule has 2 heterocycles. The molecular formula is C48H32N2. The Labute approximate surface area is 291 Å². The highest BCUT2D eigenvalue weighted by Crippen LogP contribution is 2.45. The molecule has 2 nitrogen and oxygen atoms in total. The van der Waals surface area contributed by atoms with Crippen LogP contribution in [-0.4, -0.2) is 9.97 Å². The maximum absolute atomic E-state index is 4.96. The molecule has 2 heteroatoms. The molecule has 0 fully saturated rings. The zero-order valence-electron chi connectivity index (χ0n) is 27.5. The second kappa shape index (κ2) is 11.6. The van der Waals surface area contributed by atoms with Crippen molar-refractivity contribution in [3.8, 4) is 44.6 Å². The Morgan fingerprint density at radius 2 is 0.980 bits per heavy atom. The van der Waals surface area contributed by atoms with Gasteiger partial charge in [-0.3, -0.25) is 9.97 Å². The number of aryl methyl sites for hydroxylation is 1. The van der Waals surface area contributed by atoms with E-state index in [0.29, 0.717) is 0 Å². The summed E-state index contributed by atoms with van der Waals surface area (Å²) >= 11 is 0. The smallest absolute Gasteiger partial charge is 0.0718 e. The summed E-state index contributed by atoms with van der Waals surface area (Å²) in [7, 11) is 0. The lowest BCUT2D eigenvalue weighted by atomic mass is 9.84. The van der Waals surface area contributed by atoms with Crippen molar-refractivity contribution in [2.45, 2.75) is 12.8 Å². The highest BCUT2D eigenvalue weighted by molar-refractivity contribution is 6.22. The number of allylic oxidation sites excluding steroid dienone is 1. The number of nitrogens with zero attached hydrogens (tertiary/aromatic N) is 2. The lowest BCUT2D eigenvalue weighted by Crippen LogP contribution is -1.98. The van der Waals surface area contributed by atoms with Crippen LogP contribution in [0.4, 0.5) is 0 Å². The Balaban J connectivity index is 1.19. The van der Waals surface area contributed by atoms with Gasteiger partial charge in [-0.2, -0.15) is 0 Å². The monoisotopic (exact) mass is 636 g/mol. The SMILES string of the molecule is C1=Cc2ncc(-c3ccc(-c4ccc5c(-c6ccc7ccccc7c6)c6ccccc6c(-c6ccc7ccccc7c6)c5c4)cn3)cc2CC1. The van der Waals surface area contributed by atoms with Crippen molar-refractivity contribution < 1.29 is 0 Å². The van der Waals surface area contributed by atoms with Crippen molar-refractivity contribution in [3.63, 3.8) is 0 Å². The Bertz CT molecular complexity index is 2810. The van der Waals surface area contributed by atoms with Gasteiger partial charge in [-0.1, -0.05) is 121 Å². The van der Waals surface area contributed by atoms with E-state index in [4.69, 9.17) is 9.97 Å². The van der Waals surface area contributed by atoms with E-state index in [2.05, 4.69) is 158 Å². The minimum atomic E-state index is 0.945. The summed E-state index contributed by atoms with van der Waals surface area (Å²) in [5.74, 6) is 0. The van der Waals surface area contributed by atoms with Crippen LogP contribution in [-0.2, 0) is 6.42 Å². The van der Waals surface area contributed by atoms with E-state index >= 15 is 0 Å². The fourth-order valence-electron chi connectivity index (χ4n) is 7.85. The van der Waals surface area contributed by atoms with E-state index in [1.807, 2.05) is 12.4 Å². The van der Waals surface area contributed by atoms with E-state index in [1.165, 1.54) is 70.9 Å². The topological polar surface area (TPSA) is 25.8 Å². The normalized spacial score (nSPS) is 12.6.